The number of nitrogens with zero attached hydrogens (tertiary/aromatic N) is 2. The molecule has 0 radical (unpaired) electrons. The van der Waals surface area contributed by atoms with Gasteiger partial charge in [-0.1, -0.05) is 72.8 Å². The maximum absolute atomic E-state index is 13.9. The van der Waals surface area contributed by atoms with Crippen molar-refractivity contribution in [3.05, 3.63) is 126 Å². The monoisotopic (exact) mass is 509 g/mol. The molecule has 1 heterocycles. The molecule has 0 fully saturated rings. The lowest BCUT2D eigenvalue weighted by atomic mass is 10.0. The molecule has 0 aliphatic rings. The molecule has 0 spiro atoms. The third-order valence-corrected chi connectivity index (χ3v) is 6.16. The van der Waals surface area contributed by atoms with Gasteiger partial charge in [0, 0.05) is 12.7 Å². The molecular formula is C31H31N3O4. The van der Waals surface area contributed by atoms with Crippen LogP contribution in [-0.4, -0.2) is 35.9 Å². The highest BCUT2D eigenvalue weighted by Gasteiger charge is 2.31. The number of ether oxygens (including phenoxy) is 2. The fourth-order valence-electron chi connectivity index (χ4n) is 4.26. The molecule has 4 rings (SSSR count). The van der Waals surface area contributed by atoms with E-state index in [4.69, 9.17) is 9.47 Å². The van der Waals surface area contributed by atoms with Gasteiger partial charge in [0.2, 0.25) is 11.8 Å². The first-order valence-electron chi connectivity index (χ1n) is 12.4. The Labute approximate surface area is 223 Å². The SMILES string of the molecule is COc1ccc(CC(=O)N(Cc2ccccc2)[C@@H](C(=O)NCc2ccccn2)c2ccccc2)cc1OC. The molecule has 0 aliphatic carbocycles. The molecule has 0 saturated heterocycles. The van der Waals surface area contributed by atoms with Crippen molar-refractivity contribution in [1.29, 1.82) is 0 Å². The maximum atomic E-state index is 13.9. The van der Waals surface area contributed by atoms with Crippen LogP contribution in [0.2, 0.25) is 0 Å². The summed E-state index contributed by atoms with van der Waals surface area (Å²) < 4.78 is 10.8. The van der Waals surface area contributed by atoms with Crippen molar-refractivity contribution < 1.29 is 19.1 Å². The Bertz CT molecular complexity index is 1330. The zero-order valence-corrected chi connectivity index (χ0v) is 21.5. The quantitative estimate of drug-likeness (QED) is 0.316. The van der Waals surface area contributed by atoms with Gasteiger partial charge in [0.05, 0.1) is 32.9 Å². The minimum absolute atomic E-state index is 0.0873. The third kappa shape index (κ3) is 6.76. The van der Waals surface area contributed by atoms with Gasteiger partial charge in [-0.05, 0) is 41.0 Å². The number of hydrogen-bond acceptors (Lipinski definition) is 5. The van der Waals surface area contributed by atoms with Gasteiger partial charge in [-0.2, -0.15) is 0 Å². The van der Waals surface area contributed by atoms with Crippen LogP contribution in [0.4, 0.5) is 0 Å². The largest absolute Gasteiger partial charge is 0.493 e. The highest BCUT2D eigenvalue weighted by molar-refractivity contribution is 5.89. The summed E-state index contributed by atoms with van der Waals surface area (Å²) in [6.07, 6.45) is 1.77. The second-order valence-corrected chi connectivity index (χ2v) is 8.73. The fraction of sp³-hybridized carbons (Fsp3) is 0.194. The minimum atomic E-state index is -0.840. The van der Waals surface area contributed by atoms with E-state index in [9.17, 15) is 9.59 Å². The van der Waals surface area contributed by atoms with E-state index < -0.39 is 6.04 Å². The van der Waals surface area contributed by atoms with E-state index >= 15 is 0 Å². The Morgan fingerprint density at radius 2 is 1.50 bits per heavy atom. The molecule has 1 aromatic heterocycles. The molecule has 1 N–H and O–H groups in total. The lowest BCUT2D eigenvalue weighted by Crippen LogP contribution is -2.44. The van der Waals surface area contributed by atoms with Crippen molar-refractivity contribution in [2.45, 2.75) is 25.6 Å². The molecule has 38 heavy (non-hydrogen) atoms. The first-order chi connectivity index (χ1) is 18.6. The van der Waals surface area contributed by atoms with E-state index in [2.05, 4.69) is 10.3 Å². The lowest BCUT2D eigenvalue weighted by Gasteiger charge is -2.32. The van der Waals surface area contributed by atoms with Crippen LogP contribution in [0.15, 0.2) is 103 Å². The molecule has 0 saturated carbocycles. The standard InChI is InChI=1S/C31H31N3O4/c1-37-27-17-16-24(19-28(27)38-2)20-29(35)34(22-23-11-5-3-6-12-23)30(25-13-7-4-8-14-25)31(36)33-21-26-15-9-10-18-32-26/h3-19,30H,20-22H2,1-2H3,(H,33,36)/t30-/m1/s1. The van der Waals surface area contributed by atoms with Crippen LogP contribution in [0.1, 0.15) is 28.4 Å². The number of hydrogen-bond donors (Lipinski definition) is 1. The Balaban J connectivity index is 1.67. The van der Waals surface area contributed by atoms with Gasteiger partial charge in [0.15, 0.2) is 11.5 Å². The molecule has 0 aliphatic heterocycles. The number of aromatic nitrogens is 1. The van der Waals surface area contributed by atoms with Crippen molar-refractivity contribution in [3.63, 3.8) is 0 Å². The summed E-state index contributed by atoms with van der Waals surface area (Å²) in [5.41, 5.74) is 3.14. The average molecular weight is 510 g/mol. The van der Waals surface area contributed by atoms with Gasteiger partial charge in [0.1, 0.15) is 6.04 Å². The van der Waals surface area contributed by atoms with E-state index in [0.29, 0.717) is 11.5 Å². The normalized spacial score (nSPS) is 11.3. The van der Waals surface area contributed by atoms with Gasteiger partial charge in [-0.25, -0.2) is 0 Å². The molecular weight excluding hydrogens is 478 g/mol. The number of carbonyl (C=O) groups is 2. The summed E-state index contributed by atoms with van der Waals surface area (Å²) in [4.78, 5) is 33.6. The number of nitrogens with one attached hydrogen (secondary N) is 1. The highest BCUT2D eigenvalue weighted by Crippen LogP contribution is 2.29. The molecule has 194 valence electrons. The number of rotatable bonds is 11. The van der Waals surface area contributed by atoms with Crippen LogP contribution in [0.25, 0.3) is 0 Å². The first kappa shape index (κ1) is 26.4. The molecule has 1 atom stereocenters. The summed E-state index contributed by atoms with van der Waals surface area (Å²) in [7, 11) is 3.13. The lowest BCUT2D eigenvalue weighted by molar-refractivity contribution is -0.141. The van der Waals surface area contributed by atoms with Crippen LogP contribution in [-0.2, 0) is 29.1 Å². The summed E-state index contributed by atoms with van der Waals surface area (Å²) in [5, 5.41) is 2.98. The first-order valence-corrected chi connectivity index (χ1v) is 12.4. The van der Waals surface area contributed by atoms with Crippen LogP contribution >= 0.6 is 0 Å². The molecule has 4 aromatic rings. The smallest absolute Gasteiger partial charge is 0.247 e. The Morgan fingerprint density at radius 1 is 0.816 bits per heavy atom. The topological polar surface area (TPSA) is 80.8 Å². The van der Waals surface area contributed by atoms with E-state index in [1.54, 1.807) is 37.4 Å². The van der Waals surface area contributed by atoms with Crippen LogP contribution in [0, 0.1) is 0 Å². The van der Waals surface area contributed by atoms with Crippen molar-refractivity contribution in [3.8, 4) is 11.5 Å². The Hall–Kier alpha value is -4.65. The predicted molar refractivity (Wildman–Crippen MR) is 146 cm³/mol. The average Bonchev–Trinajstić information content (AvgIpc) is 2.97. The second kappa shape index (κ2) is 13.1. The number of carbonyl (C=O) groups excluding carboxylic acids is 2. The van der Waals surface area contributed by atoms with Gasteiger partial charge >= 0.3 is 0 Å². The second-order valence-electron chi connectivity index (χ2n) is 8.73. The molecule has 0 bridgehead atoms. The molecule has 0 unspecified atom stereocenters. The number of pyridine rings is 1. The van der Waals surface area contributed by atoms with Crippen molar-refractivity contribution in [1.82, 2.24) is 15.2 Å². The van der Waals surface area contributed by atoms with E-state index in [1.807, 2.05) is 84.9 Å². The van der Waals surface area contributed by atoms with Gasteiger partial charge < -0.3 is 19.7 Å². The zero-order chi connectivity index (χ0) is 26.7. The molecule has 2 amide bonds. The van der Waals surface area contributed by atoms with Crippen molar-refractivity contribution >= 4 is 11.8 Å². The molecule has 7 nitrogen and oxygen atoms in total. The van der Waals surface area contributed by atoms with E-state index in [-0.39, 0.29) is 31.3 Å². The van der Waals surface area contributed by atoms with Gasteiger partial charge in [-0.15, -0.1) is 0 Å². The molecule has 3 aromatic carbocycles. The summed E-state index contributed by atoms with van der Waals surface area (Å²) in [5.74, 6) is 0.655. The van der Waals surface area contributed by atoms with Gasteiger partial charge in [-0.3, -0.25) is 14.6 Å². The number of benzene rings is 3. The number of methoxy groups -OCH3 is 2. The fourth-order valence-corrected chi connectivity index (χ4v) is 4.26. The van der Waals surface area contributed by atoms with E-state index in [0.717, 1.165) is 22.4 Å². The predicted octanol–water partition coefficient (Wildman–Crippen LogP) is 4.73. The maximum Gasteiger partial charge on any atom is 0.247 e. The highest BCUT2D eigenvalue weighted by atomic mass is 16.5. The summed E-state index contributed by atoms with van der Waals surface area (Å²) in [6, 6.07) is 29.1. The number of amides is 2. The Morgan fingerprint density at radius 3 is 2.16 bits per heavy atom. The van der Waals surface area contributed by atoms with Crippen molar-refractivity contribution in [2.75, 3.05) is 14.2 Å². The Kier molecular flexibility index (Phi) is 9.07. The van der Waals surface area contributed by atoms with Crippen molar-refractivity contribution in [2.24, 2.45) is 0 Å². The van der Waals surface area contributed by atoms with Crippen LogP contribution < -0.4 is 14.8 Å². The minimum Gasteiger partial charge on any atom is -0.493 e. The van der Waals surface area contributed by atoms with Crippen LogP contribution in [0.5, 0.6) is 11.5 Å². The zero-order valence-electron chi connectivity index (χ0n) is 21.5. The summed E-state index contributed by atoms with van der Waals surface area (Å²) >= 11 is 0. The van der Waals surface area contributed by atoms with E-state index in [1.165, 1.54) is 0 Å². The van der Waals surface area contributed by atoms with Gasteiger partial charge in [0.25, 0.3) is 0 Å². The summed E-state index contributed by atoms with van der Waals surface area (Å²) in [6.45, 7) is 0.523. The van der Waals surface area contributed by atoms with Crippen LogP contribution in [0.3, 0.4) is 0 Å². The molecule has 7 heteroatoms. The third-order valence-electron chi connectivity index (χ3n) is 6.16.